The molecule has 0 bridgehead atoms. The zero-order chi connectivity index (χ0) is 35.7. The first kappa shape index (κ1) is 44.1. The van der Waals surface area contributed by atoms with E-state index in [1.54, 1.807) is 29.4 Å². The van der Waals surface area contributed by atoms with Crippen LogP contribution in [0.25, 0.3) is 21.5 Å². The minimum Gasteiger partial charge on any atom is -1.00 e. The molecule has 0 spiro atoms. The maximum Gasteiger partial charge on any atom is -0.0271 e. The summed E-state index contributed by atoms with van der Waals surface area (Å²) in [7, 11) is 0. The molecule has 0 aliphatic rings. The van der Waals surface area contributed by atoms with E-state index < -0.39 is 0 Å². The molecule has 0 amide bonds. The minimum atomic E-state index is -0.0711. The molecule has 5 rings (SSSR count). The normalized spacial score (nSPS) is 11.3. The van der Waals surface area contributed by atoms with Crippen LogP contribution in [0.5, 0.6) is 5.75 Å². The van der Waals surface area contributed by atoms with E-state index in [1.807, 2.05) is 6.07 Å². The summed E-state index contributed by atoms with van der Waals surface area (Å²) >= 11 is 1.74. The molecule has 5 aromatic rings. The molecule has 0 heterocycles. The molecule has 48 heavy (non-hydrogen) atoms. The van der Waals surface area contributed by atoms with Crippen LogP contribution in [-0.2, 0) is 47.0 Å². The Morgan fingerprint density at radius 2 is 1.04 bits per heavy atom. The van der Waals surface area contributed by atoms with Crippen LogP contribution in [-0.4, -0.2) is 5.43 Å². The molecule has 260 valence electrons. The van der Waals surface area contributed by atoms with Crippen molar-refractivity contribution in [2.75, 3.05) is 0 Å². The van der Waals surface area contributed by atoms with Gasteiger partial charge in [0.2, 0.25) is 0 Å². The van der Waals surface area contributed by atoms with Gasteiger partial charge in [-0.3, -0.25) is 0 Å². The summed E-state index contributed by atoms with van der Waals surface area (Å²) in [5.41, 5.74) is 8.02. The van der Waals surface area contributed by atoms with Crippen molar-refractivity contribution < 1.29 is 40.8 Å². The van der Waals surface area contributed by atoms with E-state index in [0.717, 1.165) is 17.4 Å². The Bertz CT molecular complexity index is 1630. The Labute approximate surface area is 315 Å². The molecule has 4 heteroatoms. The van der Waals surface area contributed by atoms with Crippen LogP contribution in [0, 0.1) is 25.7 Å². The summed E-state index contributed by atoms with van der Waals surface area (Å²) < 4.78 is 0. The third-order valence-corrected chi connectivity index (χ3v) is 7.78. The number of rotatable bonds is 4. The van der Waals surface area contributed by atoms with Gasteiger partial charge < -0.3 is 17.5 Å². The van der Waals surface area contributed by atoms with Crippen molar-refractivity contribution in [3.63, 3.8) is 0 Å². The first-order valence-electron chi connectivity index (χ1n) is 17.3. The fraction of sp³-hybridized carbons (Fsp3) is 0.455. The number of benzene rings is 3. The van der Waals surface area contributed by atoms with Gasteiger partial charge in [-0.15, -0.1) is 87.0 Å². The molecule has 0 fully saturated rings. The molecule has 0 atom stereocenters. The van der Waals surface area contributed by atoms with Gasteiger partial charge in [-0.2, -0.15) is 12.1 Å². The number of aryl methyl sites for hydroxylation is 2. The second-order valence-electron chi connectivity index (χ2n) is 16.4. The summed E-state index contributed by atoms with van der Waals surface area (Å²) in [6, 6.07) is 28.3. The standard InChI is InChI=1S/C14H22O.2C14H17.C2H6Si.ClH.Zr/c1-13(2,3)10-7-8-12(15)11(9-10)14(4,5)6;2*1-10(2)6-12-4-5-13-7-11(3)8-14(13)9-12;1-3-2;;/h7-9,15H,1-6H3;2*4-5,7-10H,6H2,1-3H3;1-2H3;1H;/q;2*-1;;;+2/p-2. The summed E-state index contributed by atoms with van der Waals surface area (Å²) in [5.74, 6) is 1.63. The van der Waals surface area contributed by atoms with Crippen molar-refractivity contribution in [1.29, 1.82) is 0 Å². The zero-order valence-electron chi connectivity index (χ0n) is 32.4. The fourth-order valence-electron chi connectivity index (χ4n) is 5.61. The van der Waals surface area contributed by atoms with E-state index in [0.29, 0.717) is 0 Å². The molecule has 0 aliphatic heterocycles. The zero-order valence-corrected chi connectivity index (χ0v) is 36.6. The molecule has 1 nitrogen and oxygen atoms in total. The molecule has 0 saturated heterocycles. The molecular weight excluding hydrogens is 699 g/mol. The van der Waals surface area contributed by atoms with Crippen molar-refractivity contribution in [2.45, 2.75) is 120 Å². The van der Waals surface area contributed by atoms with E-state index in [1.165, 1.54) is 62.2 Å². The van der Waals surface area contributed by atoms with Crippen LogP contribution in [0.1, 0.15) is 103 Å². The van der Waals surface area contributed by atoms with Crippen LogP contribution in [0.3, 0.4) is 0 Å². The minimum absolute atomic E-state index is 0. The Morgan fingerprint density at radius 1 is 0.646 bits per heavy atom. The van der Waals surface area contributed by atoms with Gasteiger partial charge in [-0.05, 0) is 41.1 Å². The average Bonchev–Trinajstić information content (AvgIpc) is 3.47. The Balaban J connectivity index is 0.000000337. The smallest absolute Gasteiger partial charge is 0.0271 e. The van der Waals surface area contributed by atoms with Gasteiger partial charge in [0.15, 0.2) is 0 Å². The van der Waals surface area contributed by atoms with E-state index in [4.69, 9.17) is 0 Å². The van der Waals surface area contributed by atoms with Crippen molar-refractivity contribution in [3.05, 3.63) is 112 Å². The second-order valence-corrected chi connectivity index (χ2v) is 25.8. The largest absolute Gasteiger partial charge is 1.00 e. The second kappa shape index (κ2) is 19.5. The first-order chi connectivity index (χ1) is 21.6. The third kappa shape index (κ3) is 15.3. The number of halogens is 1. The summed E-state index contributed by atoms with van der Waals surface area (Å²) in [6.07, 6.45) is 2.36. The summed E-state index contributed by atoms with van der Waals surface area (Å²) in [5, 5.41) is 17.3. The summed E-state index contributed by atoms with van der Waals surface area (Å²) in [6.45, 7) is 30.7. The van der Waals surface area contributed by atoms with Gasteiger partial charge in [-0.25, -0.2) is 0 Å². The van der Waals surface area contributed by atoms with Crippen LogP contribution in [0.4, 0.5) is 0 Å². The monoisotopic (exact) mass is 758 g/mol. The van der Waals surface area contributed by atoms with Crippen molar-refractivity contribution >= 4 is 27.0 Å². The number of hydrogen-bond acceptors (Lipinski definition) is 1. The van der Waals surface area contributed by atoms with Crippen molar-refractivity contribution in [2.24, 2.45) is 11.8 Å². The molecule has 5 aromatic carbocycles. The van der Waals surface area contributed by atoms with Gasteiger partial charge in [0, 0.05) is 0 Å². The first-order valence-corrected chi connectivity index (χ1v) is 23.5. The van der Waals surface area contributed by atoms with Crippen molar-refractivity contribution in [1.82, 2.24) is 0 Å². The SMILES string of the molecule is CC(C)(C)c1ccc([O-])c(C(C)(C)C)c1.C[Si](C)=[Zr+2].Cc1cc2cc(CC(C)C)ccc2[cH-]1.Cc1cc2cc(CC(C)C)ccc2[cH-]1.[Cl-]. The average molecular weight is 761 g/mol. The third-order valence-electron chi connectivity index (χ3n) is 7.78. The molecule has 0 saturated carbocycles. The van der Waals surface area contributed by atoms with Crippen LogP contribution in [0.15, 0.2) is 78.9 Å². The number of hydrogen-bond donors (Lipinski definition) is 0. The molecule has 0 aliphatic carbocycles. The quantitative estimate of drug-likeness (QED) is 0.132. The maximum atomic E-state index is 11.7. The van der Waals surface area contributed by atoms with Crippen LogP contribution >= 0.6 is 0 Å². The van der Waals surface area contributed by atoms with Crippen molar-refractivity contribution in [3.8, 4) is 5.75 Å². The Kier molecular flexibility index (Phi) is 17.9. The Hall–Kier alpha value is -1.93. The predicted octanol–water partition coefficient (Wildman–Crippen LogP) is 9.27. The molecule has 0 radical (unpaired) electrons. The van der Waals surface area contributed by atoms with Crippen LogP contribution in [0.2, 0.25) is 13.1 Å². The maximum absolute atomic E-state index is 11.7. The van der Waals surface area contributed by atoms with E-state index in [9.17, 15) is 5.11 Å². The van der Waals surface area contributed by atoms with E-state index >= 15 is 0 Å². The molecule has 0 aromatic heterocycles. The Morgan fingerprint density at radius 3 is 1.38 bits per heavy atom. The van der Waals surface area contributed by atoms with E-state index in [-0.39, 0.29) is 34.4 Å². The summed E-state index contributed by atoms with van der Waals surface area (Å²) in [4.78, 5) is 0. The van der Waals surface area contributed by atoms with Gasteiger partial charge in [-0.1, -0.05) is 118 Å². The topological polar surface area (TPSA) is 23.1 Å². The molecular formula is C44H61ClOSiZr-2. The molecule has 0 N–H and O–H groups in total. The fourth-order valence-corrected chi connectivity index (χ4v) is 5.61. The van der Waals surface area contributed by atoms with Gasteiger partial charge in [0.25, 0.3) is 0 Å². The number of fused-ring (bicyclic) bond motifs is 2. The van der Waals surface area contributed by atoms with Gasteiger partial charge in [0.1, 0.15) is 0 Å². The predicted molar refractivity (Wildman–Crippen MR) is 206 cm³/mol. The van der Waals surface area contributed by atoms with Crippen LogP contribution < -0.4 is 17.5 Å². The van der Waals surface area contributed by atoms with E-state index in [2.05, 4.69) is 163 Å². The molecule has 0 unspecified atom stereocenters. The van der Waals surface area contributed by atoms with Gasteiger partial charge in [0.05, 0.1) is 0 Å². The van der Waals surface area contributed by atoms with Gasteiger partial charge >= 0.3 is 41.9 Å².